The van der Waals surface area contributed by atoms with Gasteiger partial charge in [0.25, 0.3) is 0 Å². The van der Waals surface area contributed by atoms with Gasteiger partial charge in [0.15, 0.2) is 11.5 Å². The molecule has 1 aliphatic rings. The van der Waals surface area contributed by atoms with Gasteiger partial charge in [0, 0.05) is 11.6 Å². The summed E-state index contributed by atoms with van der Waals surface area (Å²) in [7, 11) is 1.27. The van der Waals surface area contributed by atoms with E-state index in [1.165, 1.54) is 7.11 Å². The lowest BCUT2D eigenvalue weighted by Gasteiger charge is -2.20. The Balaban J connectivity index is 2.94. The average molecular weight is 264 g/mol. The summed E-state index contributed by atoms with van der Waals surface area (Å²) in [5.74, 6) is -3.51. The number of hydrogen-bond donors (Lipinski definition) is 3. The number of hydrogen-bond acceptors (Lipinski definition) is 6. The van der Waals surface area contributed by atoms with Gasteiger partial charge in [-0.05, 0) is 6.42 Å². The molecule has 1 aromatic carbocycles. The summed E-state index contributed by atoms with van der Waals surface area (Å²) in [6.45, 7) is 1.71. The second-order valence-electron chi connectivity index (χ2n) is 4.04. The third-order valence-electron chi connectivity index (χ3n) is 3.03. The molecule has 1 aromatic rings. The van der Waals surface area contributed by atoms with Crippen molar-refractivity contribution in [2.45, 2.75) is 13.3 Å². The normalized spacial score (nSPS) is 14.1. The Morgan fingerprint density at radius 3 is 2.26 bits per heavy atom. The number of ether oxygens (including phenoxy) is 1. The molecule has 0 aliphatic heterocycles. The van der Waals surface area contributed by atoms with Crippen molar-refractivity contribution in [3.63, 3.8) is 0 Å². The molecule has 0 saturated carbocycles. The number of rotatable bonds is 2. The van der Waals surface area contributed by atoms with E-state index in [-0.39, 0.29) is 22.6 Å². The van der Waals surface area contributed by atoms with E-state index in [4.69, 9.17) is 4.74 Å². The third kappa shape index (κ3) is 1.64. The predicted molar refractivity (Wildman–Crippen MR) is 65.6 cm³/mol. The molecular formula is C13H12O6. The van der Waals surface area contributed by atoms with Crippen LogP contribution in [0, 0.1) is 0 Å². The van der Waals surface area contributed by atoms with Gasteiger partial charge < -0.3 is 20.1 Å². The van der Waals surface area contributed by atoms with Crippen molar-refractivity contribution in [2.24, 2.45) is 0 Å². The second kappa shape index (κ2) is 4.31. The Hall–Kier alpha value is -2.50. The standard InChI is InChI=1S/C13H12O6/c1-3-5-10(16)8-6(14)4-7(15)11(17)9(8)12(18)13(5)19-2/h4,14,16,18H,3H2,1-2H3. The molecule has 3 N–H and O–H groups in total. The summed E-state index contributed by atoms with van der Waals surface area (Å²) in [6, 6.07) is 0. The number of carbonyl (C=O) groups is 2. The van der Waals surface area contributed by atoms with Crippen molar-refractivity contribution in [2.75, 3.05) is 7.11 Å². The molecule has 0 amide bonds. The fourth-order valence-corrected chi connectivity index (χ4v) is 2.16. The lowest BCUT2D eigenvalue weighted by Crippen LogP contribution is -2.20. The van der Waals surface area contributed by atoms with Crippen LogP contribution in [0.4, 0.5) is 0 Å². The number of benzene rings is 1. The summed E-state index contributed by atoms with van der Waals surface area (Å²) in [4.78, 5) is 23.1. The van der Waals surface area contributed by atoms with Crippen molar-refractivity contribution >= 4 is 17.3 Å². The minimum atomic E-state index is -0.999. The molecule has 0 saturated heterocycles. The van der Waals surface area contributed by atoms with Gasteiger partial charge in [-0.1, -0.05) is 6.92 Å². The summed E-state index contributed by atoms with van der Waals surface area (Å²) >= 11 is 0. The number of Topliss-reactive ketones (excluding diaryl/α,β-unsaturated/α-hetero) is 1. The number of phenolic OH excluding ortho intramolecular Hbond substituents is 2. The zero-order valence-electron chi connectivity index (χ0n) is 10.4. The highest BCUT2D eigenvalue weighted by Gasteiger charge is 2.35. The fourth-order valence-electron chi connectivity index (χ4n) is 2.16. The van der Waals surface area contributed by atoms with Gasteiger partial charge in [-0.2, -0.15) is 0 Å². The van der Waals surface area contributed by atoms with Crippen LogP contribution >= 0.6 is 0 Å². The van der Waals surface area contributed by atoms with E-state index in [1.54, 1.807) is 6.92 Å². The number of ketones is 2. The van der Waals surface area contributed by atoms with Crippen LogP contribution in [0.5, 0.6) is 17.2 Å². The Kier molecular flexibility index (Phi) is 2.94. The zero-order valence-corrected chi connectivity index (χ0v) is 10.4. The van der Waals surface area contributed by atoms with E-state index in [0.717, 1.165) is 6.08 Å². The van der Waals surface area contributed by atoms with Crippen LogP contribution in [-0.4, -0.2) is 34.0 Å². The van der Waals surface area contributed by atoms with E-state index < -0.39 is 28.6 Å². The molecule has 100 valence electrons. The first kappa shape index (κ1) is 12.9. The van der Waals surface area contributed by atoms with E-state index in [1.807, 2.05) is 0 Å². The van der Waals surface area contributed by atoms with Crippen molar-refractivity contribution in [1.29, 1.82) is 0 Å². The van der Waals surface area contributed by atoms with Gasteiger partial charge in [0.2, 0.25) is 11.6 Å². The van der Waals surface area contributed by atoms with Crippen LogP contribution in [0.1, 0.15) is 28.4 Å². The maximum Gasteiger partial charge on any atom is 0.237 e. The topological polar surface area (TPSA) is 104 Å². The molecule has 0 unspecified atom stereocenters. The summed E-state index contributed by atoms with van der Waals surface area (Å²) in [5.41, 5.74) is -0.419. The van der Waals surface area contributed by atoms with Gasteiger partial charge in [0.05, 0.1) is 18.2 Å². The second-order valence-corrected chi connectivity index (χ2v) is 4.04. The van der Waals surface area contributed by atoms with Crippen LogP contribution in [-0.2, 0) is 11.2 Å². The molecule has 6 heteroatoms. The van der Waals surface area contributed by atoms with Crippen LogP contribution in [0.3, 0.4) is 0 Å². The highest BCUT2D eigenvalue weighted by molar-refractivity contribution is 6.51. The number of aliphatic hydroxyl groups is 1. The summed E-state index contributed by atoms with van der Waals surface area (Å²) in [6.07, 6.45) is 1.03. The minimum absolute atomic E-state index is 0.0744. The van der Waals surface area contributed by atoms with Gasteiger partial charge in [-0.3, -0.25) is 9.59 Å². The van der Waals surface area contributed by atoms with Gasteiger partial charge in [0.1, 0.15) is 11.5 Å². The molecule has 0 heterocycles. The van der Waals surface area contributed by atoms with Crippen LogP contribution in [0.2, 0.25) is 0 Å². The Labute approximate surface area is 108 Å². The lowest BCUT2D eigenvalue weighted by atomic mass is 9.89. The zero-order chi connectivity index (χ0) is 14.3. The van der Waals surface area contributed by atoms with Gasteiger partial charge in [-0.25, -0.2) is 0 Å². The molecule has 2 rings (SSSR count). The van der Waals surface area contributed by atoms with E-state index >= 15 is 0 Å². The molecule has 0 radical (unpaired) electrons. The molecule has 0 fully saturated rings. The van der Waals surface area contributed by atoms with E-state index in [0.29, 0.717) is 6.42 Å². The quantitative estimate of drug-likeness (QED) is 0.550. The molecular weight excluding hydrogens is 252 g/mol. The molecule has 0 bridgehead atoms. The fraction of sp³-hybridized carbons (Fsp3) is 0.231. The highest BCUT2D eigenvalue weighted by Crippen LogP contribution is 2.46. The number of allylic oxidation sites excluding steroid dienone is 1. The van der Waals surface area contributed by atoms with E-state index in [2.05, 4.69) is 0 Å². The number of phenols is 2. The average Bonchev–Trinajstić information content (AvgIpc) is 2.37. The minimum Gasteiger partial charge on any atom is -0.507 e. The van der Waals surface area contributed by atoms with Crippen LogP contribution in [0.15, 0.2) is 6.08 Å². The number of carbonyl (C=O) groups excluding carboxylic acids is 2. The Morgan fingerprint density at radius 1 is 1.11 bits per heavy atom. The first-order valence-electron chi connectivity index (χ1n) is 5.58. The number of aliphatic hydroxyl groups excluding tert-OH is 1. The largest absolute Gasteiger partial charge is 0.507 e. The molecule has 0 atom stereocenters. The first-order chi connectivity index (χ1) is 8.93. The monoisotopic (exact) mass is 264 g/mol. The Morgan fingerprint density at radius 2 is 1.74 bits per heavy atom. The molecule has 0 spiro atoms. The van der Waals surface area contributed by atoms with Crippen molar-refractivity contribution in [1.82, 2.24) is 0 Å². The SMILES string of the molecule is CCc1c(O)c2c(c(O)c1OC)C(=O)C(=O)C=C2O. The third-order valence-corrected chi connectivity index (χ3v) is 3.03. The highest BCUT2D eigenvalue weighted by atomic mass is 16.5. The first-order valence-corrected chi connectivity index (χ1v) is 5.58. The van der Waals surface area contributed by atoms with Gasteiger partial charge >= 0.3 is 0 Å². The summed E-state index contributed by atoms with van der Waals surface area (Å²) < 4.78 is 4.96. The number of aromatic hydroxyl groups is 2. The molecule has 0 aromatic heterocycles. The lowest BCUT2D eigenvalue weighted by molar-refractivity contribution is -0.111. The maximum absolute atomic E-state index is 11.8. The number of fused-ring (bicyclic) bond motifs is 1. The number of methoxy groups -OCH3 is 1. The van der Waals surface area contributed by atoms with Crippen molar-refractivity contribution < 1.29 is 29.6 Å². The van der Waals surface area contributed by atoms with E-state index in [9.17, 15) is 24.9 Å². The molecule has 6 nitrogen and oxygen atoms in total. The van der Waals surface area contributed by atoms with Gasteiger partial charge in [-0.15, -0.1) is 0 Å². The maximum atomic E-state index is 11.8. The molecule has 1 aliphatic carbocycles. The van der Waals surface area contributed by atoms with Crippen molar-refractivity contribution in [3.05, 3.63) is 22.8 Å². The van der Waals surface area contributed by atoms with Crippen LogP contribution < -0.4 is 4.74 Å². The van der Waals surface area contributed by atoms with Crippen LogP contribution in [0.25, 0.3) is 5.76 Å². The molecule has 19 heavy (non-hydrogen) atoms. The van der Waals surface area contributed by atoms with Crippen molar-refractivity contribution in [3.8, 4) is 17.2 Å². The summed E-state index contributed by atoms with van der Waals surface area (Å²) in [5, 5.41) is 29.8. The smallest absolute Gasteiger partial charge is 0.237 e. The predicted octanol–water partition coefficient (Wildman–Crippen LogP) is 1.33. The Bertz CT molecular complexity index is 627.